The van der Waals surface area contributed by atoms with Crippen LogP contribution >= 0.6 is 0 Å². The van der Waals surface area contributed by atoms with Crippen molar-refractivity contribution in [1.29, 1.82) is 0 Å². The molecule has 0 fully saturated rings. The van der Waals surface area contributed by atoms with E-state index in [4.69, 9.17) is 0 Å². The van der Waals surface area contributed by atoms with Gasteiger partial charge in [-0.25, -0.2) is 9.97 Å². The Labute approximate surface area is 163 Å². The van der Waals surface area contributed by atoms with Crippen LogP contribution in [0.2, 0.25) is 0 Å². The first-order valence-corrected chi connectivity index (χ1v) is 8.75. The maximum absolute atomic E-state index is 12.5. The van der Waals surface area contributed by atoms with Gasteiger partial charge in [0.15, 0.2) is 0 Å². The molecular weight excluding hydrogens is 354 g/mol. The highest BCUT2D eigenvalue weighted by Gasteiger charge is 2.10. The van der Waals surface area contributed by atoms with Crippen LogP contribution in [0.5, 0.6) is 0 Å². The number of anilines is 4. The summed E-state index contributed by atoms with van der Waals surface area (Å²) in [5.74, 6) is 0.00697. The highest BCUT2D eigenvalue weighted by Crippen LogP contribution is 2.20. The molecule has 7 nitrogen and oxygen atoms in total. The lowest BCUT2D eigenvalue weighted by molar-refractivity contribution is -0.114. The number of aryl methyl sites for hydroxylation is 2. The molecule has 3 aromatic rings. The van der Waals surface area contributed by atoms with Crippen LogP contribution in [0.3, 0.4) is 0 Å². The van der Waals surface area contributed by atoms with Gasteiger partial charge < -0.3 is 16.0 Å². The van der Waals surface area contributed by atoms with E-state index in [2.05, 4.69) is 25.9 Å². The van der Waals surface area contributed by atoms with E-state index in [1.807, 2.05) is 44.2 Å². The third kappa shape index (κ3) is 5.14. The fourth-order valence-corrected chi connectivity index (χ4v) is 2.82. The van der Waals surface area contributed by atoms with Crippen LogP contribution in [0.15, 0.2) is 54.9 Å². The third-order valence-electron chi connectivity index (χ3n) is 3.83. The summed E-state index contributed by atoms with van der Waals surface area (Å²) in [5.41, 5.74) is 4.50. The predicted molar refractivity (Wildman–Crippen MR) is 110 cm³/mol. The number of nitrogens with zero attached hydrogens (tertiary/aromatic N) is 2. The molecule has 0 radical (unpaired) electrons. The van der Waals surface area contributed by atoms with Gasteiger partial charge in [0.25, 0.3) is 5.91 Å². The number of carbonyl (C=O) groups excluding carboxylic acids is 2. The minimum absolute atomic E-state index is 0.149. The number of rotatable bonds is 5. The average molecular weight is 375 g/mol. The van der Waals surface area contributed by atoms with Gasteiger partial charge in [0, 0.05) is 30.1 Å². The summed E-state index contributed by atoms with van der Waals surface area (Å²) in [6.45, 7) is 5.40. The van der Waals surface area contributed by atoms with E-state index in [0.717, 1.165) is 22.5 Å². The molecule has 142 valence electrons. The Morgan fingerprint density at radius 2 is 1.54 bits per heavy atom. The molecule has 0 spiro atoms. The second-order valence-electron chi connectivity index (χ2n) is 6.51. The lowest BCUT2D eigenvalue weighted by atomic mass is 10.1. The lowest BCUT2D eigenvalue weighted by Crippen LogP contribution is -2.14. The zero-order valence-corrected chi connectivity index (χ0v) is 15.9. The lowest BCUT2D eigenvalue weighted by Gasteiger charge is -2.10. The van der Waals surface area contributed by atoms with Gasteiger partial charge in [-0.15, -0.1) is 0 Å². The summed E-state index contributed by atoms with van der Waals surface area (Å²) in [6, 6.07) is 14.6. The molecule has 0 unspecified atom stereocenters. The van der Waals surface area contributed by atoms with Crippen molar-refractivity contribution in [2.75, 3.05) is 16.0 Å². The van der Waals surface area contributed by atoms with E-state index >= 15 is 0 Å². The molecule has 7 heteroatoms. The molecule has 0 aliphatic carbocycles. The monoisotopic (exact) mass is 375 g/mol. The van der Waals surface area contributed by atoms with E-state index in [9.17, 15) is 9.59 Å². The van der Waals surface area contributed by atoms with Crippen LogP contribution in [-0.2, 0) is 4.79 Å². The summed E-state index contributed by atoms with van der Waals surface area (Å²) in [4.78, 5) is 32.0. The molecule has 3 N–H and O–H groups in total. The maximum atomic E-state index is 12.5. The highest BCUT2D eigenvalue weighted by molar-refractivity contribution is 6.03. The van der Waals surface area contributed by atoms with Crippen molar-refractivity contribution in [1.82, 2.24) is 9.97 Å². The van der Waals surface area contributed by atoms with E-state index in [1.165, 1.54) is 13.3 Å². The van der Waals surface area contributed by atoms with Gasteiger partial charge >= 0.3 is 0 Å². The molecule has 1 aromatic heterocycles. The smallest absolute Gasteiger partial charge is 0.274 e. The van der Waals surface area contributed by atoms with Crippen LogP contribution in [0.25, 0.3) is 0 Å². The zero-order valence-electron chi connectivity index (χ0n) is 15.9. The Hall–Kier alpha value is -3.74. The van der Waals surface area contributed by atoms with Gasteiger partial charge in [0.1, 0.15) is 17.8 Å². The van der Waals surface area contributed by atoms with Crippen molar-refractivity contribution in [2.45, 2.75) is 20.8 Å². The SMILES string of the molecule is CC(=O)Nc1cccc(Nc2cc(C(=O)Nc3cc(C)cc(C)c3)ncn2)c1. The van der Waals surface area contributed by atoms with Crippen molar-refractivity contribution in [2.24, 2.45) is 0 Å². The van der Waals surface area contributed by atoms with Crippen molar-refractivity contribution in [3.8, 4) is 0 Å². The first-order valence-electron chi connectivity index (χ1n) is 8.75. The van der Waals surface area contributed by atoms with Crippen LogP contribution in [0, 0.1) is 13.8 Å². The minimum atomic E-state index is -0.317. The van der Waals surface area contributed by atoms with Gasteiger partial charge in [-0.05, 0) is 55.3 Å². The third-order valence-corrected chi connectivity index (χ3v) is 3.83. The standard InChI is InChI=1S/C21H21N5O2/c1-13-7-14(2)9-18(8-13)26-21(28)19-11-20(23-12-22-19)25-17-6-4-5-16(10-17)24-15(3)27/h4-12H,1-3H3,(H,24,27)(H,26,28)(H,22,23,25). The van der Waals surface area contributed by atoms with E-state index in [0.29, 0.717) is 11.5 Å². The zero-order chi connectivity index (χ0) is 20.1. The summed E-state index contributed by atoms with van der Waals surface area (Å²) in [5, 5.41) is 8.69. The number of nitrogens with one attached hydrogen (secondary N) is 3. The van der Waals surface area contributed by atoms with Crippen molar-refractivity contribution >= 4 is 34.7 Å². The van der Waals surface area contributed by atoms with Crippen molar-refractivity contribution in [3.63, 3.8) is 0 Å². The van der Waals surface area contributed by atoms with Gasteiger partial charge in [-0.2, -0.15) is 0 Å². The Morgan fingerprint density at radius 1 is 0.821 bits per heavy atom. The molecule has 0 aliphatic rings. The summed E-state index contributed by atoms with van der Waals surface area (Å²) in [6.07, 6.45) is 1.33. The van der Waals surface area contributed by atoms with E-state index in [1.54, 1.807) is 18.2 Å². The summed E-state index contributed by atoms with van der Waals surface area (Å²) >= 11 is 0. The number of hydrogen-bond donors (Lipinski definition) is 3. The second kappa shape index (κ2) is 8.30. The average Bonchev–Trinajstić information content (AvgIpc) is 2.61. The predicted octanol–water partition coefficient (Wildman–Crippen LogP) is 4.05. The number of benzene rings is 2. The first-order chi connectivity index (χ1) is 13.4. The fourth-order valence-electron chi connectivity index (χ4n) is 2.82. The van der Waals surface area contributed by atoms with Crippen LogP contribution < -0.4 is 16.0 Å². The molecule has 1 heterocycles. The van der Waals surface area contributed by atoms with Crippen molar-refractivity contribution in [3.05, 3.63) is 71.7 Å². The first kappa shape index (κ1) is 19.0. The molecular formula is C21H21N5O2. The fraction of sp³-hybridized carbons (Fsp3) is 0.143. The molecule has 0 aliphatic heterocycles. The van der Waals surface area contributed by atoms with Gasteiger partial charge in [-0.3, -0.25) is 9.59 Å². The van der Waals surface area contributed by atoms with Crippen LogP contribution in [-0.4, -0.2) is 21.8 Å². The van der Waals surface area contributed by atoms with Gasteiger partial charge in [0.2, 0.25) is 5.91 Å². The number of hydrogen-bond acceptors (Lipinski definition) is 5. The van der Waals surface area contributed by atoms with E-state index < -0.39 is 0 Å². The molecule has 28 heavy (non-hydrogen) atoms. The van der Waals surface area contributed by atoms with Crippen molar-refractivity contribution < 1.29 is 9.59 Å². The highest BCUT2D eigenvalue weighted by atomic mass is 16.2. The number of aromatic nitrogens is 2. The van der Waals surface area contributed by atoms with E-state index in [-0.39, 0.29) is 17.5 Å². The van der Waals surface area contributed by atoms with Crippen LogP contribution in [0.1, 0.15) is 28.5 Å². The molecule has 0 saturated carbocycles. The summed E-state index contributed by atoms with van der Waals surface area (Å²) < 4.78 is 0. The Morgan fingerprint density at radius 3 is 2.25 bits per heavy atom. The molecule has 2 aromatic carbocycles. The van der Waals surface area contributed by atoms with Crippen LogP contribution in [0.4, 0.5) is 22.9 Å². The molecule has 2 amide bonds. The quantitative estimate of drug-likeness (QED) is 0.625. The second-order valence-corrected chi connectivity index (χ2v) is 6.51. The Balaban J connectivity index is 1.75. The normalized spacial score (nSPS) is 10.2. The number of amides is 2. The maximum Gasteiger partial charge on any atom is 0.274 e. The molecule has 0 saturated heterocycles. The molecule has 0 bridgehead atoms. The van der Waals surface area contributed by atoms with Gasteiger partial charge in [0.05, 0.1) is 0 Å². The van der Waals surface area contributed by atoms with Gasteiger partial charge in [-0.1, -0.05) is 12.1 Å². The molecule has 3 rings (SSSR count). The Kier molecular flexibility index (Phi) is 5.64. The minimum Gasteiger partial charge on any atom is -0.340 e. The largest absolute Gasteiger partial charge is 0.340 e. The topological polar surface area (TPSA) is 96.0 Å². The number of carbonyl (C=O) groups is 2. The summed E-state index contributed by atoms with van der Waals surface area (Å²) in [7, 11) is 0. The Bertz CT molecular complexity index is 1010. The molecule has 0 atom stereocenters.